The molecule has 1 aromatic carbocycles. The second-order valence-corrected chi connectivity index (χ2v) is 4.90. The van der Waals surface area contributed by atoms with Crippen molar-refractivity contribution in [1.82, 2.24) is 0 Å². The quantitative estimate of drug-likeness (QED) is 0.775. The highest BCUT2D eigenvalue weighted by molar-refractivity contribution is 8.00. The molecule has 1 rings (SSSR count). The molecule has 3 nitrogen and oxygen atoms in total. The Morgan fingerprint density at radius 1 is 1.40 bits per heavy atom. The molecule has 2 N–H and O–H groups in total. The Balaban J connectivity index is 2.66. The maximum absolute atomic E-state index is 10.7. The van der Waals surface area contributed by atoms with E-state index in [-0.39, 0.29) is 11.0 Å². The van der Waals surface area contributed by atoms with Crippen molar-refractivity contribution in [2.24, 2.45) is 5.92 Å². The van der Waals surface area contributed by atoms with Crippen LogP contribution < -0.4 is 0 Å². The van der Waals surface area contributed by atoms with E-state index in [1.54, 1.807) is 25.1 Å². The van der Waals surface area contributed by atoms with Crippen molar-refractivity contribution in [2.75, 3.05) is 0 Å². The summed E-state index contributed by atoms with van der Waals surface area (Å²) in [5.41, 5.74) is 0. The highest BCUT2D eigenvalue weighted by Crippen LogP contribution is 2.29. The van der Waals surface area contributed by atoms with Gasteiger partial charge in [0.05, 0.1) is 5.92 Å². The van der Waals surface area contributed by atoms with Crippen LogP contribution in [0.5, 0.6) is 5.75 Å². The highest BCUT2D eigenvalue weighted by Gasteiger charge is 2.20. The van der Waals surface area contributed by atoms with Gasteiger partial charge in [-0.15, -0.1) is 11.8 Å². The van der Waals surface area contributed by atoms with E-state index in [0.717, 1.165) is 4.90 Å². The molecule has 0 fully saturated rings. The normalized spacial score (nSPS) is 14.5. The van der Waals surface area contributed by atoms with Gasteiger partial charge in [-0.05, 0) is 18.2 Å². The van der Waals surface area contributed by atoms with Crippen LogP contribution in [0.2, 0.25) is 0 Å². The zero-order valence-corrected chi connectivity index (χ0v) is 9.49. The standard InChI is InChI=1S/C11H14O3S/c1-7(11(13)14)8(2)15-10-5-3-4-9(12)6-10/h3-8,12H,1-2H3,(H,13,14). The Bertz CT molecular complexity index is 351. The van der Waals surface area contributed by atoms with Gasteiger partial charge in [-0.1, -0.05) is 19.9 Å². The summed E-state index contributed by atoms with van der Waals surface area (Å²) in [7, 11) is 0. The molecule has 0 aliphatic carbocycles. The van der Waals surface area contributed by atoms with Crippen LogP contribution in [0.3, 0.4) is 0 Å². The van der Waals surface area contributed by atoms with Crippen molar-refractivity contribution in [2.45, 2.75) is 24.0 Å². The van der Waals surface area contributed by atoms with Crippen LogP contribution in [0.4, 0.5) is 0 Å². The SMILES string of the molecule is CC(Sc1cccc(O)c1)C(C)C(=O)O. The van der Waals surface area contributed by atoms with E-state index < -0.39 is 11.9 Å². The van der Waals surface area contributed by atoms with Gasteiger partial charge < -0.3 is 10.2 Å². The number of benzene rings is 1. The Hall–Kier alpha value is -1.16. The van der Waals surface area contributed by atoms with Crippen molar-refractivity contribution >= 4 is 17.7 Å². The Kier molecular flexibility index (Phi) is 4.03. The van der Waals surface area contributed by atoms with Gasteiger partial charge in [0, 0.05) is 10.1 Å². The topological polar surface area (TPSA) is 57.5 Å². The molecule has 1 aromatic rings. The molecule has 2 unspecified atom stereocenters. The number of rotatable bonds is 4. The molecule has 2 atom stereocenters. The maximum atomic E-state index is 10.7. The zero-order chi connectivity index (χ0) is 11.4. The smallest absolute Gasteiger partial charge is 0.307 e. The summed E-state index contributed by atoms with van der Waals surface area (Å²) < 4.78 is 0. The van der Waals surface area contributed by atoms with Crippen LogP contribution in [-0.2, 0) is 4.79 Å². The molecular formula is C11H14O3S. The van der Waals surface area contributed by atoms with Crippen molar-refractivity contribution in [3.8, 4) is 5.75 Å². The van der Waals surface area contributed by atoms with Gasteiger partial charge in [-0.3, -0.25) is 4.79 Å². The Morgan fingerprint density at radius 2 is 2.07 bits per heavy atom. The van der Waals surface area contributed by atoms with Gasteiger partial charge in [0.25, 0.3) is 0 Å². The molecule has 0 heterocycles. The predicted octanol–water partition coefficient (Wildman–Crippen LogP) is 2.59. The third kappa shape index (κ3) is 3.47. The van der Waals surface area contributed by atoms with E-state index in [0.29, 0.717) is 0 Å². The first kappa shape index (κ1) is 11.9. The Labute approximate surface area is 93.1 Å². The number of hydrogen-bond donors (Lipinski definition) is 2. The van der Waals surface area contributed by atoms with E-state index in [4.69, 9.17) is 5.11 Å². The molecule has 82 valence electrons. The first-order valence-corrected chi connectivity index (χ1v) is 5.57. The fourth-order valence-electron chi connectivity index (χ4n) is 1.07. The van der Waals surface area contributed by atoms with Crippen LogP contribution in [0, 0.1) is 5.92 Å². The molecular weight excluding hydrogens is 212 g/mol. The second-order valence-electron chi connectivity index (χ2n) is 3.45. The lowest BCUT2D eigenvalue weighted by Gasteiger charge is -2.15. The van der Waals surface area contributed by atoms with Gasteiger partial charge >= 0.3 is 5.97 Å². The van der Waals surface area contributed by atoms with Gasteiger partial charge in [-0.2, -0.15) is 0 Å². The van der Waals surface area contributed by atoms with Gasteiger partial charge in [-0.25, -0.2) is 0 Å². The van der Waals surface area contributed by atoms with Crippen LogP contribution in [0.1, 0.15) is 13.8 Å². The fourth-order valence-corrected chi connectivity index (χ4v) is 2.17. The number of thioether (sulfide) groups is 1. The van der Waals surface area contributed by atoms with Gasteiger partial charge in [0.1, 0.15) is 5.75 Å². The molecule has 15 heavy (non-hydrogen) atoms. The lowest BCUT2D eigenvalue weighted by Crippen LogP contribution is -2.19. The van der Waals surface area contributed by atoms with Crippen LogP contribution >= 0.6 is 11.8 Å². The summed E-state index contributed by atoms with van der Waals surface area (Å²) in [6.07, 6.45) is 0. The molecule has 0 saturated heterocycles. The molecule has 0 aliphatic rings. The third-order valence-electron chi connectivity index (χ3n) is 2.23. The number of aromatic hydroxyl groups is 1. The van der Waals surface area contributed by atoms with Gasteiger partial charge in [0.15, 0.2) is 0 Å². The van der Waals surface area contributed by atoms with E-state index in [2.05, 4.69) is 0 Å². The molecule has 0 amide bonds. The highest BCUT2D eigenvalue weighted by atomic mass is 32.2. The Morgan fingerprint density at radius 3 is 2.60 bits per heavy atom. The summed E-state index contributed by atoms with van der Waals surface area (Å²) in [6.45, 7) is 3.55. The predicted molar refractivity (Wildman–Crippen MR) is 60.2 cm³/mol. The van der Waals surface area contributed by atoms with E-state index in [9.17, 15) is 9.90 Å². The minimum Gasteiger partial charge on any atom is -0.508 e. The van der Waals surface area contributed by atoms with Crippen molar-refractivity contribution in [1.29, 1.82) is 0 Å². The third-order valence-corrected chi connectivity index (χ3v) is 3.54. The van der Waals surface area contributed by atoms with Gasteiger partial charge in [0.2, 0.25) is 0 Å². The van der Waals surface area contributed by atoms with Crippen LogP contribution in [0.15, 0.2) is 29.2 Å². The van der Waals surface area contributed by atoms with Crippen LogP contribution in [0.25, 0.3) is 0 Å². The minimum absolute atomic E-state index is 0.0238. The average molecular weight is 226 g/mol. The first-order chi connectivity index (χ1) is 7.00. The monoisotopic (exact) mass is 226 g/mol. The summed E-state index contributed by atoms with van der Waals surface area (Å²) in [5, 5.41) is 18.0. The molecule has 0 aromatic heterocycles. The number of carboxylic acid groups (broad SMARTS) is 1. The molecule has 0 radical (unpaired) electrons. The summed E-state index contributed by atoms with van der Waals surface area (Å²) >= 11 is 1.45. The van der Waals surface area contributed by atoms with E-state index in [1.807, 2.05) is 13.0 Å². The number of hydrogen-bond acceptors (Lipinski definition) is 3. The molecule has 0 aliphatic heterocycles. The second kappa shape index (κ2) is 5.07. The fraction of sp³-hybridized carbons (Fsp3) is 0.364. The summed E-state index contributed by atoms with van der Waals surface area (Å²) in [5.74, 6) is -0.998. The molecule has 0 saturated carbocycles. The average Bonchev–Trinajstić information content (AvgIpc) is 2.16. The van der Waals surface area contributed by atoms with E-state index >= 15 is 0 Å². The number of aliphatic carboxylic acids is 1. The lowest BCUT2D eigenvalue weighted by molar-refractivity contribution is -0.140. The van der Waals surface area contributed by atoms with Crippen molar-refractivity contribution in [3.05, 3.63) is 24.3 Å². The first-order valence-electron chi connectivity index (χ1n) is 4.69. The summed E-state index contributed by atoms with van der Waals surface area (Å²) in [6, 6.07) is 6.83. The van der Waals surface area contributed by atoms with Crippen molar-refractivity contribution < 1.29 is 15.0 Å². The largest absolute Gasteiger partial charge is 0.508 e. The number of carbonyl (C=O) groups is 1. The lowest BCUT2D eigenvalue weighted by atomic mass is 10.1. The number of phenols is 1. The van der Waals surface area contributed by atoms with Crippen LogP contribution in [-0.4, -0.2) is 21.4 Å². The molecule has 0 spiro atoms. The van der Waals surface area contributed by atoms with E-state index in [1.165, 1.54) is 11.8 Å². The zero-order valence-electron chi connectivity index (χ0n) is 8.68. The molecule has 4 heteroatoms. The summed E-state index contributed by atoms with van der Waals surface area (Å²) in [4.78, 5) is 11.6. The number of phenolic OH excluding ortho intramolecular Hbond substituents is 1. The minimum atomic E-state index is -0.796. The number of carboxylic acids is 1. The van der Waals surface area contributed by atoms with Crippen molar-refractivity contribution in [3.63, 3.8) is 0 Å². The maximum Gasteiger partial charge on any atom is 0.307 e. The molecule has 0 bridgehead atoms.